The van der Waals surface area contributed by atoms with Gasteiger partial charge >= 0.3 is 5.97 Å². The summed E-state index contributed by atoms with van der Waals surface area (Å²) < 4.78 is 34.3. The quantitative estimate of drug-likeness (QED) is 0.0179. The molecule has 0 radical (unpaired) electrons. The van der Waals surface area contributed by atoms with Gasteiger partial charge in [0.15, 0.2) is 12.6 Å². The van der Waals surface area contributed by atoms with Crippen LogP contribution in [0.25, 0.3) is 0 Å². The number of allylic oxidation sites excluding steroid dienone is 4. The Morgan fingerprint density at radius 2 is 0.908 bits per heavy atom. The molecule has 382 valence electrons. The summed E-state index contributed by atoms with van der Waals surface area (Å²) in [5.41, 5.74) is 0. The molecule has 14 nitrogen and oxygen atoms in total. The molecule has 65 heavy (non-hydrogen) atoms. The number of aliphatic hydroxyl groups is 7. The van der Waals surface area contributed by atoms with Crippen LogP contribution in [0, 0.1) is 0 Å². The summed E-state index contributed by atoms with van der Waals surface area (Å²) in [5.74, 6) is -0.385. The van der Waals surface area contributed by atoms with Gasteiger partial charge in [-0.05, 0) is 64.2 Å². The molecule has 11 atom stereocenters. The van der Waals surface area contributed by atoms with Crippen molar-refractivity contribution in [1.29, 1.82) is 0 Å². The van der Waals surface area contributed by atoms with E-state index in [4.69, 9.17) is 28.4 Å². The SMILES string of the molecule is CCCCCCC/C=C\CCCCCCCCOCC(COC1OC(COC2OC(CO)C(O)C(O)C2O)C(O)C(O)C1O)OC(=O)CCCCCCC/C=C\CCCCCCCCC. The van der Waals surface area contributed by atoms with Gasteiger partial charge in [0.2, 0.25) is 0 Å². The van der Waals surface area contributed by atoms with Gasteiger partial charge in [0.1, 0.15) is 54.9 Å². The molecular formula is C51H94O14. The topological polar surface area (TPSA) is 214 Å². The van der Waals surface area contributed by atoms with E-state index in [1.54, 1.807) is 0 Å². The van der Waals surface area contributed by atoms with Crippen molar-refractivity contribution >= 4 is 5.97 Å². The number of unbranched alkanes of at least 4 members (excludes halogenated alkanes) is 23. The van der Waals surface area contributed by atoms with Crippen LogP contribution in [-0.4, -0.2) is 142 Å². The van der Waals surface area contributed by atoms with Gasteiger partial charge in [-0.2, -0.15) is 0 Å². The van der Waals surface area contributed by atoms with Crippen molar-refractivity contribution < 1.29 is 69.0 Å². The normalized spacial score (nSPS) is 26.7. The standard InChI is InChI=1S/C51H94O14/c1-3-5-7-9-11-13-15-17-19-20-22-24-26-28-30-32-34-43(53)63-40(37-60-35-33-31-29-27-25-23-21-18-16-14-12-10-8-6-4-2)38-61-50-49(59)47(57)45(55)42(65-50)39-62-51-48(58)46(56)44(54)41(36-52)64-51/h16,18-20,40-42,44-52,54-59H,3-15,17,21-39H2,1-2H3/b18-16-,20-19-. The Labute approximate surface area is 392 Å². The molecule has 7 N–H and O–H groups in total. The molecule has 11 unspecified atom stereocenters. The number of ether oxygens (including phenoxy) is 6. The average Bonchev–Trinajstić information content (AvgIpc) is 3.30. The maximum absolute atomic E-state index is 13.0. The molecule has 0 amide bonds. The van der Waals surface area contributed by atoms with E-state index in [9.17, 15) is 40.5 Å². The molecule has 0 aromatic rings. The molecule has 0 saturated carbocycles. The van der Waals surface area contributed by atoms with E-state index >= 15 is 0 Å². The summed E-state index contributed by atoms with van der Waals surface area (Å²) in [5, 5.41) is 72.1. The number of esters is 1. The molecule has 14 heteroatoms. The summed E-state index contributed by atoms with van der Waals surface area (Å²) in [4.78, 5) is 13.0. The lowest BCUT2D eigenvalue weighted by molar-refractivity contribution is -0.332. The van der Waals surface area contributed by atoms with Crippen LogP contribution < -0.4 is 0 Å². The molecule has 2 heterocycles. The van der Waals surface area contributed by atoms with Crippen molar-refractivity contribution in [1.82, 2.24) is 0 Å². The Kier molecular flexibility index (Phi) is 36.1. The first-order chi connectivity index (χ1) is 31.6. The molecule has 2 rings (SSSR count). The van der Waals surface area contributed by atoms with Gasteiger partial charge in [0.05, 0.1) is 26.4 Å². The van der Waals surface area contributed by atoms with Gasteiger partial charge in [-0.15, -0.1) is 0 Å². The lowest BCUT2D eigenvalue weighted by Crippen LogP contribution is -2.61. The minimum absolute atomic E-state index is 0.0563. The molecule has 2 saturated heterocycles. The van der Waals surface area contributed by atoms with Crippen LogP contribution in [0.5, 0.6) is 0 Å². The minimum Gasteiger partial charge on any atom is -0.457 e. The van der Waals surface area contributed by atoms with Crippen molar-refractivity contribution in [3.05, 3.63) is 24.3 Å². The molecule has 0 aromatic heterocycles. The molecule has 0 bridgehead atoms. The van der Waals surface area contributed by atoms with Crippen molar-refractivity contribution in [2.24, 2.45) is 0 Å². The molecule has 2 aliphatic rings. The monoisotopic (exact) mass is 931 g/mol. The number of hydrogen-bond acceptors (Lipinski definition) is 14. The third-order valence-corrected chi connectivity index (χ3v) is 12.4. The van der Waals surface area contributed by atoms with Gasteiger partial charge < -0.3 is 64.2 Å². The van der Waals surface area contributed by atoms with Crippen molar-refractivity contribution in [2.45, 2.75) is 261 Å². The van der Waals surface area contributed by atoms with E-state index in [2.05, 4.69) is 38.2 Å². The Hall–Kier alpha value is -1.53. The van der Waals surface area contributed by atoms with E-state index in [0.717, 1.165) is 64.2 Å². The Morgan fingerprint density at radius 3 is 1.40 bits per heavy atom. The van der Waals surface area contributed by atoms with Gasteiger partial charge in [0, 0.05) is 13.0 Å². The van der Waals surface area contributed by atoms with Crippen LogP contribution in [-0.2, 0) is 33.2 Å². The van der Waals surface area contributed by atoms with Crippen LogP contribution >= 0.6 is 0 Å². The first-order valence-electron chi connectivity index (χ1n) is 25.9. The maximum Gasteiger partial charge on any atom is 0.306 e. The summed E-state index contributed by atoms with van der Waals surface area (Å²) >= 11 is 0. The van der Waals surface area contributed by atoms with Crippen LogP contribution in [0.2, 0.25) is 0 Å². The Morgan fingerprint density at radius 1 is 0.492 bits per heavy atom. The third-order valence-electron chi connectivity index (χ3n) is 12.4. The highest BCUT2D eigenvalue weighted by Crippen LogP contribution is 2.26. The highest BCUT2D eigenvalue weighted by molar-refractivity contribution is 5.69. The van der Waals surface area contributed by atoms with Gasteiger partial charge in [-0.25, -0.2) is 0 Å². The number of rotatable bonds is 41. The molecule has 2 aliphatic heterocycles. The van der Waals surface area contributed by atoms with Crippen molar-refractivity contribution in [3.63, 3.8) is 0 Å². The fourth-order valence-corrected chi connectivity index (χ4v) is 8.16. The Bertz CT molecular complexity index is 1170. The highest BCUT2D eigenvalue weighted by atomic mass is 16.7. The lowest BCUT2D eigenvalue weighted by atomic mass is 9.98. The van der Waals surface area contributed by atoms with Crippen molar-refractivity contribution in [2.75, 3.05) is 33.0 Å². The fourth-order valence-electron chi connectivity index (χ4n) is 8.16. The van der Waals surface area contributed by atoms with E-state index in [-0.39, 0.29) is 25.6 Å². The lowest BCUT2D eigenvalue weighted by Gasteiger charge is -2.42. The second-order valence-corrected chi connectivity index (χ2v) is 18.3. The largest absolute Gasteiger partial charge is 0.457 e. The molecule has 0 spiro atoms. The van der Waals surface area contributed by atoms with E-state index in [1.165, 1.54) is 103 Å². The van der Waals surface area contributed by atoms with Crippen LogP contribution in [0.3, 0.4) is 0 Å². The number of hydrogen-bond donors (Lipinski definition) is 7. The van der Waals surface area contributed by atoms with Gasteiger partial charge in [-0.1, -0.05) is 147 Å². The van der Waals surface area contributed by atoms with Crippen LogP contribution in [0.15, 0.2) is 24.3 Å². The summed E-state index contributed by atoms with van der Waals surface area (Å²) in [6.07, 6.45) is 25.2. The van der Waals surface area contributed by atoms with Crippen LogP contribution in [0.4, 0.5) is 0 Å². The first-order valence-corrected chi connectivity index (χ1v) is 25.9. The molecule has 0 aliphatic carbocycles. The minimum atomic E-state index is -1.71. The fraction of sp³-hybridized carbons (Fsp3) is 0.902. The first kappa shape index (κ1) is 59.6. The second kappa shape index (κ2) is 39.3. The third kappa shape index (κ3) is 27.3. The smallest absolute Gasteiger partial charge is 0.306 e. The zero-order valence-corrected chi connectivity index (χ0v) is 40.5. The summed E-state index contributed by atoms with van der Waals surface area (Å²) in [6, 6.07) is 0. The summed E-state index contributed by atoms with van der Waals surface area (Å²) in [7, 11) is 0. The molecular weight excluding hydrogens is 837 g/mol. The zero-order chi connectivity index (χ0) is 47.3. The molecule has 2 fully saturated rings. The van der Waals surface area contributed by atoms with E-state index in [1.807, 2.05) is 0 Å². The highest BCUT2D eigenvalue weighted by Gasteiger charge is 2.47. The second-order valence-electron chi connectivity index (χ2n) is 18.3. The predicted molar refractivity (Wildman–Crippen MR) is 252 cm³/mol. The zero-order valence-electron chi connectivity index (χ0n) is 40.5. The van der Waals surface area contributed by atoms with E-state index < -0.39 is 80.7 Å². The van der Waals surface area contributed by atoms with Gasteiger partial charge in [-0.3, -0.25) is 4.79 Å². The average molecular weight is 931 g/mol. The predicted octanol–water partition coefficient (Wildman–Crippen LogP) is 7.63. The van der Waals surface area contributed by atoms with E-state index in [0.29, 0.717) is 13.0 Å². The summed E-state index contributed by atoms with van der Waals surface area (Å²) in [6.45, 7) is 3.66. The maximum atomic E-state index is 13.0. The van der Waals surface area contributed by atoms with Crippen molar-refractivity contribution in [3.8, 4) is 0 Å². The molecule has 0 aromatic carbocycles. The number of aliphatic hydroxyl groups excluding tert-OH is 7. The number of carbonyl (C=O) groups is 1. The Balaban J connectivity index is 1.78. The van der Waals surface area contributed by atoms with Crippen LogP contribution in [0.1, 0.15) is 194 Å². The van der Waals surface area contributed by atoms with Gasteiger partial charge in [0.25, 0.3) is 0 Å². The number of carbonyl (C=O) groups excluding carboxylic acids is 1.